The maximum atomic E-state index is 13.1. The van der Waals surface area contributed by atoms with Crippen LogP contribution < -0.4 is 5.32 Å². The van der Waals surface area contributed by atoms with E-state index in [4.69, 9.17) is 16.0 Å². The Morgan fingerprint density at radius 1 is 1.00 bits per heavy atom. The molecule has 0 spiro atoms. The van der Waals surface area contributed by atoms with Crippen molar-refractivity contribution in [1.82, 2.24) is 0 Å². The summed E-state index contributed by atoms with van der Waals surface area (Å²) in [5, 5.41) is 2.93. The average molecular weight is 334 g/mol. The highest BCUT2D eigenvalue weighted by Gasteiger charge is 2.14. The van der Waals surface area contributed by atoms with Crippen LogP contribution in [0.3, 0.4) is 0 Å². The molecule has 0 saturated heterocycles. The van der Waals surface area contributed by atoms with Crippen LogP contribution in [0.5, 0.6) is 0 Å². The molecule has 0 aliphatic rings. The van der Waals surface area contributed by atoms with Gasteiger partial charge >= 0.3 is 0 Å². The van der Waals surface area contributed by atoms with Gasteiger partial charge in [0.25, 0.3) is 5.91 Å². The molecule has 1 amide bonds. The molecule has 0 fully saturated rings. The molecule has 1 N–H and O–H groups in total. The lowest BCUT2D eigenvalue weighted by molar-refractivity contribution is 0.0997. The van der Waals surface area contributed by atoms with Crippen molar-refractivity contribution in [2.24, 2.45) is 0 Å². The van der Waals surface area contributed by atoms with Crippen LogP contribution in [0.1, 0.15) is 10.6 Å². The van der Waals surface area contributed by atoms with Crippen LogP contribution in [0.2, 0.25) is 5.02 Å². The number of carbonyl (C=O) groups excluding carboxylic acids is 1. The third-order valence-corrected chi connectivity index (χ3v) is 3.48. The van der Waals surface area contributed by atoms with Gasteiger partial charge in [-0.15, -0.1) is 0 Å². The molecular weight excluding hydrogens is 324 g/mol. The van der Waals surface area contributed by atoms with E-state index in [0.717, 1.165) is 12.1 Å². The summed E-state index contributed by atoms with van der Waals surface area (Å²) >= 11 is 6.07. The zero-order valence-electron chi connectivity index (χ0n) is 11.6. The normalized spacial score (nSPS) is 10.6. The number of benzene rings is 2. The van der Waals surface area contributed by atoms with Gasteiger partial charge in [0.2, 0.25) is 0 Å². The maximum absolute atomic E-state index is 13.1. The van der Waals surface area contributed by atoms with Gasteiger partial charge in [-0.3, -0.25) is 4.79 Å². The van der Waals surface area contributed by atoms with Crippen LogP contribution in [-0.4, -0.2) is 5.91 Å². The second-order valence-electron chi connectivity index (χ2n) is 4.73. The molecular formula is C17H10ClF2NO2. The van der Waals surface area contributed by atoms with Crippen molar-refractivity contribution in [3.8, 4) is 11.3 Å². The number of carbonyl (C=O) groups is 1. The molecule has 0 aliphatic carbocycles. The van der Waals surface area contributed by atoms with E-state index in [1.807, 2.05) is 0 Å². The molecule has 0 bridgehead atoms. The minimum atomic E-state index is -1.04. The van der Waals surface area contributed by atoms with Gasteiger partial charge < -0.3 is 9.73 Å². The topological polar surface area (TPSA) is 42.2 Å². The average Bonchev–Trinajstić information content (AvgIpc) is 3.01. The SMILES string of the molecule is O=C(Nc1ccc(F)c(F)c1)c1ccc(-c2ccccc2Cl)o1. The molecule has 6 heteroatoms. The molecule has 1 heterocycles. The van der Waals surface area contributed by atoms with Gasteiger partial charge in [0.1, 0.15) is 5.76 Å². The zero-order chi connectivity index (χ0) is 16.4. The second-order valence-corrected chi connectivity index (χ2v) is 5.13. The number of furan rings is 1. The van der Waals surface area contributed by atoms with E-state index in [2.05, 4.69) is 5.32 Å². The lowest BCUT2D eigenvalue weighted by Crippen LogP contribution is -2.11. The zero-order valence-corrected chi connectivity index (χ0v) is 12.4. The fourth-order valence-electron chi connectivity index (χ4n) is 2.03. The summed E-state index contributed by atoms with van der Waals surface area (Å²) in [6, 6.07) is 13.2. The Hall–Kier alpha value is -2.66. The number of halogens is 3. The largest absolute Gasteiger partial charge is 0.451 e. The van der Waals surface area contributed by atoms with E-state index in [1.165, 1.54) is 12.1 Å². The number of rotatable bonds is 3. The third kappa shape index (κ3) is 3.24. The number of amides is 1. The first kappa shape index (κ1) is 15.2. The summed E-state index contributed by atoms with van der Waals surface area (Å²) in [6.45, 7) is 0. The van der Waals surface area contributed by atoms with Gasteiger partial charge in [-0.25, -0.2) is 8.78 Å². The third-order valence-electron chi connectivity index (χ3n) is 3.15. The van der Waals surface area contributed by atoms with Gasteiger partial charge in [0, 0.05) is 17.3 Å². The minimum Gasteiger partial charge on any atom is -0.451 e. The molecule has 3 aromatic rings. The molecule has 0 radical (unpaired) electrons. The van der Waals surface area contributed by atoms with Crippen molar-refractivity contribution in [2.75, 3.05) is 5.32 Å². The number of hydrogen-bond donors (Lipinski definition) is 1. The van der Waals surface area contributed by atoms with Crippen LogP contribution in [0.15, 0.2) is 59.0 Å². The van der Waals surface area contributed by atoms with E-state index >= 15 is 0 Å². The standard InChI is InChI=1S/C17H10ClF2NO2/c18-12-4-2-1-3-11(12)15-7-8-16(23-15)17(22)21-10-5-6-13(19)14(20)9-10/h1-9H,(H,21,22). The Morgan fingerprint density at radius 2 is 1.78 bits per heavy atom. The summed E-state index contributed by atoms with van der Waals surface area (Å²) in [6.07, 6.45) is 0. The van der Waals surface area contributed by atoms with E-state index in [-0.39, 0.29) is 11.4 Å². The van der Waals surface area contributed by atoms with Crippen molar-refractivity contribution in [1.29, 1.82) is 0 Å². The van der Waals surface area contributed by atoms with E-state index in [1.54, 1.807) is 30.3 Å². The Kier molecular flexibility index (Phi) is 4.12. The fourth-order valence-corrected chi connectivity index (χ4v) is 2.26. The monoisotopic (exact) mass is 333 g/mol. The molecule has 2 aromatic carbocycles. The van der Waals surface area contributed by atoms with E-state index in [0.29, 0.717) is 16.3 Å². The molecule has 0 unspecified atom stereocenters. The summed E-state index contributed by atoms with van der Waals surface area (Å²) in [5.74, 6) is -2.13. The Bertz CT molecular complexity index is 877. The van der Waals surface area contributed by atoms with Crippen LogP contribution in [0.4, 0.5) is 14.5 Å². The first-order valence-corrected chi connectivity index (χ1v) is 7.03. The molecule has 3 rings (SSSR count). The summed E-state index contributed by atoms with van der Waals surface area (Å²) in [5.41, 5.74) is 0.783. The second kappa shape index (κ2) is 6.22. The lowest BCUT2D eigenvalue weighted by Gasteiger charge is -2.04. The van der Waals surface area contributed by atoms with Gasteiger partial charge in [0.05, 0.1) is 5.02 Å². The highest BCUT2D eigenvalue weighted by molar-refractivity contribution is 6.33. The van der Waals surface area contributed by atoms with Gasteiger partial charge in [0.15, 0.2) is 17.4 Å². The van der Waals surface area contributed by atoms with Crippen LogP contribution in [0.25, 0.3) is 11.3 Å². The van der Waals surface area contributed by atoms with Crippen molar-refractivity contribution < 1.29 is 18.0 Å². The van der Waals surface area contributed by atoms with Crippen LogP contribution >= 0.6 is 11.6 Å². The first-order chi connectivity index (χ1) is 11.0. The lowest BCUT2D eigenvalue weighted by atomic mass is 10.2. The van der Waals surface area contributed by atoms with Crippen LogP contribution in [0, 0.1) is 11.6 Å². The predicted octanol–water partition coefficient (Wildman–Crippen LogP) is 5.13. The van der Waals surface area contributed by atoms with E-state index in [9.17, 15) is 13.6 Å². The van der Waals surface area contributed by atoms with Gasteiger partial charge in [-0.1, -0.05) is 23.7 Å². The highest BCUT2D eigenvalue weighted by atomic mass is 35.5. The summed E-state index contributed by atoms with van der Waals surface area (Å²) in [7, 11) is 0. The molecule has 0 saturated carbocycles. The molecule has 116 valence electrons. The Morgan fingerprint density at radius 3 is 2.52 bits per heavy atom. The molecule has 0 atom stereocenters. The fraction of sp³-hybridized carbons (Fsp3) is 0. The summed E-state index contributed by atoms with van der Waals surface area (Å²) < 4.78 is 31.5. The minimum absolute atomic E-state index is 0.0321. The maximum Gasteiger partial charge on any atom is 0.291 e. The summed E-state index contributed by atoms with van der Waals surface area (Å²) in [4.78, 5) is 12.1. The van der Waals surface area contributed by atoms with Crippen LogP contribution in [-0.2, 0) is 0 Å². The van der Waals surface area contributed by atoms with E-state index < -0.39 is 17.5 Å². The molecule has 0 aliphatic heterocycles. The number of nitrogens with one attached hydrogen (secondary N) is 1. The Balaban J connectivity index is 1.81. The predicted molar refractivity (Wildman–Crippen MR) is 83.5 cm³/mol. The highest BCUT2D eigenvalue weighted by Crippen LogP contribution is 2.29. The molecule has 1 aromatic heterocycles. The number of anilines is 1. The smallest absolute Gasteiger partial charge is 0.291 e. The van der Waals surface area contributed by atoms with Crippen molar-refractivity contribution >= 4 is 23.2 Å². The van der Waals surface area contributed by atoms with Crippen molar-refractivity contribution in [3.05, 3.63) is 77.0 Å². The van der Waals surface area contributed by atoms with Crippen molar-refractivity contribution in [3.63, 3.8) is 0 Å². The first-order valence-electron chi connectivity index (χ1n) is 6.66. The van der Waals surface area contributed by atoms with Gasteiger partial charge in [-0.05, 0) is 36.4 Å². The quantitative estimate of drug-likeness (QED) is 0.722. The Labute approximate surface area is 135 Å². The molecule has 23 heavy (non-hydrogen) atoms. The molecule has 3 nitrogen and oxygen atoms in total. The van der Waals surface area contributed by atoms with Gasteiger partial charge in [-0.2, -0.15) is 0 Å². The number of hydrogen-bond acceptors (Lipinski definition) is 2. The van der Waals surface area contributed by atoms with Crippen molar-refractivity contribution in [2.45, 2.75) is 0 Å².